The highest BCUT2D eigenvalue weighted by molar-refractivity contribution is 6.42. The first-order valence-electron chi connectivity index (χ1n) is 13.3. The highest BCUT2D eigenvalue weighted by atomic mass is 35.5. The third-order valence-electron chi connectivity index (χ3n) is 6.46. The normalized spacial score (nSPS) is 10.4. The summed E-state index contributed by atoms with van der Waals surface area (Å²) in [7, 11) is 0. The van der Waals surface area contributed by atoms with E-state index in [1.54, 1.807) is 56.0 Å². The van der Waals surface area contributed by atoms with Crippen LogP contribution in [-0.2, 0) is 0 Å². The first kappa shape index (κ1) is 35.0. The highest BCUT2D eigenvalue weighted by Crippen LogP contribution is 2.39. The monoisotopic (exact) mass is 710 g/mol. The molecule has 2 aromatic carbocycles. The summed E-state index contributed by atoms with van der Waals surface area (Å²) in [6, 6.07) is 18.2. The fraction of sp³-hybridized carbons (Fsp3) is 0.0909. The van der Waals surface area contributed by atoms with Gasteiger partial charge in [-0.15, -0.1) is 0 Å². The molecule has 0 aliphatic carbocycles. The van der Waals surface area contributed by atoms with Crippen molar-refractivity contribution in [1.82, 2.24) is 29.9 Å². The van der Waals surface area contributed by atoms with Crippen LogP contribution in [0, 0.1) is 13.8 Å². The van der Waals surface area contributed by atoms with E-state index in [4.69, 9.17) is 63.8 Å². The number of hydrogen-bond donors (Lipinski definition) is 2. The maximum atomic E-state index is 6.37. The minimum absolute atomic E-state index is 0. The number of nitrogens with one attached hydrogen (secondary N) is 1. The molecular weight excluding hydrogens is 686 g/mol. The molecule has 8 nitrogen and oxygen atoms in total. The Morgan fingerprint density at radius 1 is 0.522 bits per heavy atom. The van der Waals surface area contributed by atoms with E-state index in [0.29, 0.717) is 42.7 Å². The van der Waals surface area contributed by atoms with Gasteiger partial charge >= 0.3 is 0 Å². The van der Waals surface area contributed by atoms with E-state index in [1.807, 2.05) is 43.3 Å². The minimum Gasteiger partial charge on any atom is -0.308 e. The average Bonchev–Trinajstić information content (AvgIpc) is 3.04. The predicted molar refractivity (Wildman–Crippen MR) is 190 cm³/mol. The summed E-state index contributed by atoms with van der Waals surface area (Å²) in [5, 5.41) is 2.25. The first-order valence-corrected chi connectivity index (χ1v) is 15.2. The maximum absolute atomic E-state index is 6.37. The molecule has 0 aliphatic rings. The Morgan fingerprint density at radius 3 is 1.41 bits per heavy atom. The standard InChI is InChI=1S/C16H10Cl3N3.C16H13Cl2N5.CH4/c1-9-21-15(10-4-6-20-7-5-10)14(16(19)22-9)11-2-3-12(17)13(18)8-11;1-9-21-15(10-4-6-20-7-5-10)14(16(22-9)23-19)11-2-3-12(17)13(18)8-11;/h2-8H,1H3;2-8H,19H2,1H3,(H,21,22,23);1H4. The predicted octanol–water partition coefficient (Wildman–Crippen LogP) is 10.2. The van der Waals surface area contributed by atoms with Gasteiger partial charge in [-0.1, -0.05) is 77.6 Å². The second-order valence-corrected chi connectivity index (χ2v) is 11.5. The fourth-order valence-electron chi connectivity index (χ4n) is 4.49. The van der Waals surface area contributed by atoms with Gasteiger partial charge in [-0.3, -0.25) is 9.97 Å². The molecule has 6 aromatic rings. The van der Waals surface area contributed by atoms with Crippen molar-refractivity contribution in [3.8, 4) is 44.8 Å². The molecule has 0 saturated carbocycles. The number of pyridine rings is 2. The van der Waals surface area contributed by atoms with Crippen molar-refractivity contribution >= 4 is 63.8 Å². The summed E-state index contributed by atoms with van der Waals surface area (Å²) >= 11 is 30.6. The number of aryl methyl sites for hydroxylation is 2. The van der Waals surface area contributed by atoms with Crippen molar-refractivity contribution in [1.29, 1.82) is 0 Å². The summed E-state index contributed by atoms with van der Waals surface area (Å²) in [4.78, 5) is 25.8. The van der Waals surface area contributed by atoms with Crippen molar-refractivity contribution in [2.24, 2.45) is 5.84 Å². The molecule has 6 rings (SSSR count). The van der Waals surface area contributed by atoms with Crippen LogP contribution < -0.4 is 11.3 Å². The third kappa shape index (κ3) is 7.90. The number of rotatable bonds is 5. The topological polar surface area (TPSA) is 115 Å². The smallest absolute Gasteiger partial charge is 0.152 e. The van der Waals surface area contributed by atoms with E-state index in [-0.39, 0.29) is 7.43 Å². The van der Waals surface area contributed by atoms with Gasteiger partial charge in [0.1, 0.15) is 16.8 Å². The highest BCUT2D eigenvalue weighted by Gasteiger charge is 2.18. The zero-order valence-corrected chi connectivity index (χ0v) is 27.5. The molecule has 0 atom stereocenters. The van der Waals surface area contributed by atoms with Gasteiger partial charge in [0.15, 0.2) is 5.82 Å². The van der Waals surface area contributed by atoms with Crippen molar-refractivity contribution in [2.75, 3.05) is 5.43 Å². The second kappa shape index (κ2) is 15.6. The van der Waals surface area contributed by atoms with Crippen molar-refractivity contribution in [3.63, 3.8) is 0 Å². The first-order chi connectivity index (χ1) is 21.7. The molecule has 0 unspecified atom stereocenters. The summed E-state index contributed by atoms with van der Waals surface area (Å²) in [6.45, 7) is 3.61. The zero-order chi connectivity index (χ0) is 32.1. The molecule has 46 heavy (non-hydrogen) atoms. The number of aromatic nitrogens is 6. The van der Waals surface area contributed by atoms with Gasteiger partial charge in [-0.2, -0.15) is 0 Å². The molecule has 13 heteroatoms. The van der Waals surface area contributed by atoms with Crippen LogP contribution in [0.1, 0.15) is 19.1 Å². The van der Waals surface area contributed by atoms with Crippen LogP contribution in [0.4, 0.5) is 5.82 Å². The Morgan fingerprint density at radius 2 is 0.957 bits per heavy atom. The van der Waals surface area contributed by atoms with Crippen LogP contribution in [0.2, 0.25) is 25.2 Å². The lowest BCUT2D eigenvalue weighted by molar-refractivity contribution is 1.05. The summed E-state index contributed by atoms with van der Waals surface area (Å²) in [6.07, 6.45) is 6.83. The van der Waals surface area contributed by atoms with Crippen molar-refractivity contribution < 1.29 is 0 Å². The number of nitrogens with two attached hydrogens (primary N) is 1. The van der Waals surface area contributed by atoms with Gasteiger partial charge in [0.05, 0.1) is 37.0 Å². The zero-order valence-electron chi connectivity index (χ0n) is 23.7. The van der Waals surface area contributed by atoms with E-state index in [1.165, 1.54) is 0 Å². The molecule has 234 valence electrons. The molecule has 0 fully saturated rings. The number of nitrogen functional groups attached to an aromatic ring is 1. The molecule has 0 spiro atoms. The second-order valence-electron chi connectivity index (χ2n) is 9.50. The number of hydrogen-bond acceptors (Lipinski definition) is 8. The Balaban J connectivity index is 0.000000205. The number of hydrazine groups is 1. The number of nitrogens with zero attached hydrogens (tertiary/aromatic N) is 6. The summed E-state index contributed by atoms with van der Waals surface area (Å²) in [5.41, 5.74) is 9.03. The molecule has 4 aromatic heterocycles. The van der Waals surface area contributed by atoms with E-state index < -0.39 is 0 Å². The van der Waals surface area contributed by atoms with Crippen LogP contribution in [0.5, 0.6) is 0 Å². The van der Waals surface area contributed by atoms with Crippen LogP contribution in [-0.4, -0.2) is 29.9 Å². The Bertz CT molecular complexity index is 1980. The van der Waals surface area contributed by atoms with Crippen molar-refractivity contribution in [3.05, 3.63) is 122 Å². The number of anilines is 1. The lowest BCUT2D eigenvalue weighted by atomic mass is 10.00. The van der Waals surface area contributed by atoms with Crippen LogP contribution in [0.3, 0.4) is 0 Å². The van der Waals surface area contributed by atoms with E-state index in [0.717, 1.165) is 44.8 Å². The minimum atomic E-state index is 0. The largest absolute Gasteiger partial charge is 0.308 e. The number of halogens is 5. The summed E-state index contributed by atoms with van der Waals surface area (Å²) < 4.78 is 0. The molecule has 3 N–H and O–H groups in total. The molecule has 0 bridgehead atoms. The van der Waals surface area contributed by atoms with Gasteiger partial charge in [0, 0.05) is 41.5 Å². The average molecular weight is 713 g/mol. The lowest BCUT2D eigenvalue weighted by Crippen LogP contribution is -2.12. The van der Waals surface area contributed by atoms with Gasteiger partial charge in [-0.05, 0) is 73.5 Å². The lowest BCUT2D eigenvalue weighted by Gasteiger charge is -2.15. The van der Waals surface area contributed by atoms with Crippen LogP contribution in [0.15, 0.2) is 85.5 Å². The molecule has 4 heterocycles. The van der Waals surface area contributed by atoms with E-state index >= 15 is 0 Å². The van der Waals surface area contributed by atoms with Crippen LogP contribution in [0.25, 0.3) is 44.8 Å². The van der Waals surface area contributed by atoms with Gasteiger partial charge in [-0.25, -0.2) is 25.8 Å². The van der Waals surface area contributed by atoms with Crippen LogP contribution >= 0.6 is 58.0 Å². The number of benzene rings is 2. The molecular formula is C33H27Cl5N8. The van der Waals surface area contributed by atoms with Gasteiger partial charge in [0.25, 0.3) is 0 Å². The Kier molecular flexibility index (Phi) is 11.9. The third-order valence-corrected chi connectivity index (χ3v) is 8.21. The fourth-order valence-corrected chi connectivity index (χ4v) is 5.40. The van der Waals surface area contributed by atoms with E-state index in [2.05, 4.69) is 35.3 Å². The summed E-state index contributed by atoms with van der Waals surface area (Å²) in [5.74, 6) is 7.38. The van der Waals surface area contributed by atoms with Gasteiger partial charge in [0.2, 0.25) is 0 Å². The SMILES string of the molecule is C.Cc1nc(Cl)c(-c2ccc(Cl)c(Cl)c2)c(-c2ccncc2)n1.Cc1nc(NN)c(-c2ccc(Cl)c(Cl)c2)c(-c2ccncc2)n1. The van der Waals surface area contributed by atoms with Crippen molar-refractivity contribution in [2.45, 2.75) is 21.3 Å². The molecule has 0 amide bonds. The maximum Gasteiger partial charge on any atom is 0.152 e. The molecule has 0 aliphatic heterocycles. The van der Waals surface area contributed by atoms with E-state index in [9.17, 15) is 0 Å². The molecule has 0 radical (unpaired) electrons. The Hall–Kier alpha value is -3.89. The quantitative estimate of drug-likeness (QED) is 0.103. The Labute approximate surface area is 292 Å². The van der Waals surface area contributed by atoms with Gasteiger partial charge < -0.3 is 5.43 Å². The molecule has 0 saturated heterocycles.